The number of sulfone groups is 1. The number of benzene rings is 1. The maximum absolute atomic E-state index is 12.0. The zero-order valence-electron chi connectivity index (χ0n) is 14.6. The molecule has 1 fully saturated rings. The molecule has 0 unspecified atom stereocenters. The molecule has 1 atom stereocenters. The topological polar surface area (TPSA) is 93.9 Å². The van der Waals surface area contributed by atoms with Gasteiger partial charge < -0.3 is 9.88 Å². The molecule has 1 aromatic heterocycles. The summed E-state index contributed by atoms with van der Waals surface area (Å²) in [7, 11) is -1.04. The van der Waals surface area contributed by atoms with E-state index in [0.29, 0.717) is 24.5 Å². The van der Waals surface area contributed by atoms with Crippen LogP contribution in [0.25, 0.3) is 0 Å². The average Bonchev–Trinajstić information content (AvgIpc) is 3.14. The lowest BCUT2D eigenvalue weighted by Gasteiger charge is -2.08. The van der Waals surface area contributed by atoms with Gasteiger partial charge in [0.15, 0.2) is 15.0 Å². The molecular weight excluding hydrogens is 372 g/mol. The molecule has 7 nitrogen and oxygen atoms in total. The molecule has 2 heterocycles. The Hall–Kier alpha value is -1.87. The Balaban J connectivity index is 1.48. The van der Waals surface area contributed by atoms with Crippen LogP contribution in [0.2, 0.25) is 0 Å². The number of nitrogens with one attached hydrogen (secondary N) is 1. The van der Waals surface area contributed by atoms with Gasteiger partial charge in [0.1, 0.15) is 5.82 Å². The van der Waals surface area contributed by atoms with Gasteiger partial charge in [0.05, 0.1) is 17.3 Å². The number of carbonyl (C=O) groups excluding carboxylic acids is 1. The molecule has 0 aliphatic carbocycles. The Morgan fingerprint density at radius 1 is 1.31 bits per heavy atom. The van der Waals surface area contributed by atoms with E-state index in [0.717, 1.165) is 11.4 Å². The summed E-state index contributed by atoms with van der Waals surface area (Å²) in [4.78, 5) is 12.0. The van der Waals surface area contributed by atoms with Crippen molar-refractivity contribution in [2.75, 3.05) is 17.3 Å². The number of amides is 1. The van der Waals surface area contributed by atoms with Crippen LogP contribution in [0.1, 0.15) is 17.8 Å². The fraction of sp³-hybridized carbons (Fsp3) is 0.471. The Kier molecular flexibility index (Phi) is 5.98. The predicted molar refractivity (Wildman–Crippen MR) is 100 cm³/mol. The molecule has 9 heteroatoms. The van der Waals surface area contributed by atoms with Crippen molar-refractivity contribution < 1.29 is 13.2 Å². The zero-order chi connectivity index (χ0) is 18.6. The number of rotatable bonds is 7. The second-order valence-corrected chi connectivity index (χ2v) is 9.65. The minimum Gasteiger partial charge on any atom is -0.351 e. The van der Waals surface area contributed by atoms with Crippen LogP contribution in [0.3, 0.4) is 0 Å². The average molecular weight is 395 g/mol. The van der Waals surface area contributed by atoms with E-state index in [1.807, 2.05) is 41.9 Å². The van der Waals surface area contributed by atoms with E-state index < -0.39 is 9.84 Å². The summed E-state index contributed by atoms with van der Waals surface area (Å²) in [5, 5.41) is 11.8. The first kappa shape index (κ1) is 18.9. The molecule has 1 N–H and O–H groups in total. The molecule has 1 aliphatic rings. The maximum Gasteiger partial charge on any atom is 0.230 e. The van der Waals surface area contributed by atoms with Crippen molar-refractivity contribution in [3.63, 3.8) is 0 Å². The molecule has 1 aliphatic heterocycles. The minimum atomic E-state index is -2.89. The largest absolute Gasteiger partial charge is 0.351 e. The SMILES string of the molecule is Cn1c(C[C@@H]2CCS(=O)(=O)C2)nnc1SCC(=O)NCc1ccccc1. The number of hydrogen-bond donors (Lipinski definition) is 1. The van der Waals surface area contributed by atoms with Crippen molar-refractivity contribution >= 4 is 27.5 Å². The van der Waals surface area contributed by atoms with Gasteiger partial charge in [0, 0.05) is 20.0 Å². The van der Waals surface area contributed by atoms with Crippen LogP contribution in [0.4, 0.5) is 0 Å². The highest BCUT2D eigenvalue weighted by molar-refractivity contribution is 7.99. The molecule has 0 spiro atoms. The standard InChI is InChI=1S/C17H22N4O3S2/c1-21-15(9-14-7-8-26(23,24)12-14)19-20-17(21)25-11-16(22)18-10-13-5-3-2-4-6-13/h2-6,14H,7-12H2,1H3,(H,18,22)/t14-/m0/s1. The van der Waals surface area contributed by atoms with Crippen LogP contribution in [-0.2, 0) is 34.6 Å². The second-order valence-electron chi connectivity index (χ2n) is 6.48. The van der Waals surface area contributed by atoms with Gasteiger partial charge in [-0.3, -0.25) is 4.79 Å². The first-order valence-electron chi connectivity index (χ1n) is 8.45. The smallest absolute Gasteiger partial charge is 0.230 e. The molecular formula is C17H22N4O3S2. The molecule has 0 radical (unpaired) electrons. The molecule has 140 valence electrons. The van der Waals surface area contributed by atoms with E-state index in [-0.39, 0.29) is 29.1 Å². The summed E-state index contributed by atoms with van der Waals surface area (Å²) >= 11 is 1.33. The van der Waals surface area contributed by atoms with Crippen LogP contribution in [0.15, 0.2) is 35.5 Å². The van der Waals surface area contributed by atoms with Crippen LogP contribution in [0.5, 0.6) is 0 Å². The van der Waals surface area contributed by atoms with Gasteiger partial charge in [-0.1, -0.05) is 42.1 Å². The van der Waals surface area contributed by atoms with E-state index in [1.165, 1.54) is 11.8 Å². The quantitative estimate of drug-likeness (QED) is 0.709. The fourth-order valence-electron chi connectivity index (χ4n) is 2.92. The summed E-state index contributed by atoms with van der Waals surface area (Å²) < 4.78 is 25.0. The Bertz CT molecular complexity index is 865. The van der Waals surface area contributed by atoms with Crippen LogP contribution in [-0.4, -0.2) is 46.3 Å². The van der Waals surface area contributed by atoms with Gasteiger partial charge in [-0.15, -0.1) is 10.2 Å². The highest BCUT2D eigenvalue weighted by Gasteiger charge is 2.29. The maximum atomic E-state index is 12.0. The van der Waals surface area contributed by atoms with Gasteiger partial charge in [-0.25, -0.2) is 8.42 Å². The van der Waals surface area contributed by atoms with E-state index in [9.17, 15) is 13.2 Å². The van der Waals surface area contributed by atoms with E-state index in [4.69, 9.17) is 0 Å². The summed E-state index contributed by atoms with van der Waals surface area (Å²) in [6.07, 6.45) is 1.28. The number of hydrogen-bond acceptors (Lipinski definition) is 6. The molecule has 1 amide bonds. The van der Waals surface area contributed by atoms with Crippen LogP contribution < -0.4 is 5.32 Å². The number of nitrogens with zero attached hydrogens (tertiary/aromatic N) is 3. The molecule has 0 saturated carbocycles. The molecule has 26 heavy (non-hydrogen) atoms. The molecule has 1 saturated heterocycles. The third kappa shape index (κ3) is 5.07. The minimum absolute atomic E-state index is 0.0645. The number of carbonyl (C=O) groups is 1. The Morgan fingerprint density at radius 3 is 2.77 bits per heavy atom. The van der Waals surface area contributed by atoms with Crippen molar-refractivity contribution in [3.8, 4) is 0 Å². The fourth-order valence-corrected chi connectivity index (χ4v) is 5.54. The summed E-state index contributed by atoms with van der Waals surface area (Å²) in [6.45, 7) is 0.500. The first-order valence-corrected chi connectivity index (χ1v) is 11.3. The molecule has 2 aromatic rings. The van der Waals surface area contributed by atoms with E-state index in [1.54, 1.807) is 0 Å². The van der Waals surface area contributed by atoms with Crippen LogP contribution in [0, 0.1) is 5.92 Å². The molecule has 3 rings (SSSR count). The lowest BCUT2D eigenvalue weighted by Crippen LogP contribution is -2.24. The lowest BCUT2D eigenvalue weighted by molar-refractivity contribution is -0.118. The highest BCUT2D eigenvalue weighted by Crippen LogP contribution is 2.23. The van der Waals surface area contributed by atoms with Crippen LogP contribution >= 0.6 is 11.8 Å². The second kappa shape index (κ2) is 8.22. The third-order valence-electron chi connectivity index (χ3n) is 4.39. The molecule has 1 aromatic carbocycles. The zero-order valence-corrected chi connectivity index (χ0v) is 16.2. The number of thioether (sulfide) groups is 1. The van der Waals surface area contributed by atoms with Crippen molar-refractivity contribution in [1.29, 1.82) is 0 Å². The normalized spacial score (nSPS) is 18.7. The third-order valence-corrected chi connectivity index (χ3v) is 7.25. The van der Waals surface area contributed by atoms with E-state index in [2.05, 4.69) is 15.5 Å². The van der Waals surface area contributed by atoms with E-state index >= 15 is 0 Å². The van der Waals surface area contributed by atoms with Gasteiger partial charge in [0.2, 0.25) is 5.91 Å². The van der Waals surface area contributed by atoms with Crippen molar-refractivity contribution in [3.05, 3.63) is 41.7 Å². The summed E-state index contributed by atoms with van der Waals surface area (Å²) in [5.41, 5.74) is 1.05. The Morgan fingerprint density at radius 2 is 2.08 bits per heavy atom. The summed E-state index contributed by atoms with van der Waals surface area (Å²) in [6, 6.07) is 9.74. The monoisotopic (exact) mass is 394 g/mol. The van der Waals surface area contributed by atoms with Gasteiger partial charge >= 0.3 is 0 Å². The number of aromatic nitrogens is 3. The summed E-state index contributed by atoms with van der Waals surface area (Å²) in [5.74, 6) is 1.55. The Labute approximate surface area is 157 Å². The van der Waals surface area contributed by atoms with Crippen molar-refractivity contribution in [1.82, 2.24) is 20.1 Å². The van der Waals surface area contributed by atoms with Gasteiger partial charge in [-0.05, 0) is 17.9 Å². The first-order chi connectivity index (χ1) is 12.4. The van der Waals surface area contributed by atoms with Gasteiger partial charge in [0.25, 0.3) is 0 Å². The van der Waals surface area contributed by atoms with Crippen molar-refractivity contribution in [2.24, 2.45) is 13.0 Å². The molecule has 0 bridgehead atoms. The van der Waals surface area contributed by atoms with Crippen molar-refractivity contribution in [2.45, 2.75) is 24.5 Å². The highest BCUT2D eigenvalue weighted by atomic mass is 32.2. The lowest BCUT2D eigenvalue weighted by atomic mass is 10.1. The van der Waals surface area contributed by atoms with Gasteiger partial charge in [-0.2, -0.15) is 0 Å². The predicted octanol–water partition coefficient (Wildman–Crippen LogP) is 1.20.